The molecule has 0 bridgehead atoms. The molecular formula is C21H18N4. The highest BCUT2D eigenvalue weighted by Gasteiger charge is 2.22. The van der Waals surface area contributed by atoms with Gasteiger partial charge in [0.1, 0.15) is 0 Å². The molecule has 0 atom stereocenters. The van der Waals surface area contributed by atoms with Crippen molar-refractivity contribution in [2.75, 3.05) is 5.01 Å². The zero-order valence-corrected chi connectivity index (χ0v) is 13.9. The average Bonchev–Trinajstić information content (AvgIpc) is 2.69. The SMILES string of the molecule is Cc1ccccc1N1N=C(c2ccccc2)NN=C1c1ccccc1. The Kier molecular flexibility index (Phi) is 4.01. The van der Waals surface area contributed by atoms with E-state index in [0.717, 1.165) is 34.0 Å². The van der Waals surface area contributed by atoms with Crippen molar-refractivity contribution in [2.24, 2.45) is 10.2 Å². The third-order valence-electron chi connectivity index (χ3n) is 4.09. The molecule has 25 heavy (non-hydrogen) atoms. The van der Waals surface area contributed by atoms with E-state index in [-0.39, 0.29) is 0 Å². The maximum absolute atomic E-state index is 4.85. The summed E-state index contributed by atoms with van der Waals surface area (Å²) in [4.78, 5) is 0. The quantitative estimate of drug-likeness (QED) is 0.786. The van der Waals surface area contributed by atoms with Gasteiger partial charge in [-0.3, -0.25) is 5.43 Å². The molecule has 0 unspecified atom stereocenters. The average molecular weight is 326 g/mol. The highest BCUT2D eigenvalue weighted by Crippen LogP contribution is 2.24. The summed E-state index contributed by atoms with van der Waals surface area (Å²) in [5.74, 6) is 1.50. The lowest BCUT2D eigenvalue weighted by Crippen LogP contribution is -2.38. The van der Waals surface area contributed by atoms with Gasteiger partial charge in [0.15, 0.2) is 11.7 Å². The van der Waals surface area contributed by atoms with Gasteiger partial charge in [-0.05, 0) is 18.6 Å². The van der Waals surface area contributed by atoms with Gasteiger partial charge in [0.25, 0.3) is 0 Å². The van der Waals surface area contributed by atoms with Crippen molar-refractivity contribution in [3.63, 3.8) is 0 Å². The van der Waals surface area contributed by atoms with E-state index in [1.54, 1.807) is 0 Å². The van der Waals surface area contributed by atoms with E-state index in [1.165, 1.54) is 0 Å². The number of hydrogen-bond donors (Lipinski definition) is 1. The second-order valence-corrected chi connectivity index (χ2v) is 5.83. The minimum absolute atomic E-state index is 0.725. The molecule has 1 aliphatic rings. The largest absolute Gasteiger partial charge is 0.257 e. The smallest absolute Gasteiger partial charge is 0.181 e. The van der Waals surface area contributed by atoms with Crippen LogP contribution in [0.25, 0.3) is 0 Å². The van der Waals surface area contributed by atoms with Gasteiger partial charge in [0.05, 0.1) is 5.69 Å². The Hall–Kier alpha value is -3.40. The van der Waals surface area contributed by atoms with Crippen LogP contribution in [0.15, 0.2) is 95.1 Å². The lowest BCUT2D eigenvalue weighted by atomic mass is 10.1. The first-order valence-corrected chi connectivity index (χ1v) is 8.22. The van der Waals surface area contributed by atoms with Crippen LogP contribution in [0.4, 0.5) is 5.69 Å². The summed E-state index contributed by atoms with van der Waals surface area (Å²) in [5.41, 5.74) is 7.26. The molecule has 0 spiro atoms. The molecule has 0 saturated heterocycles. The molecule has 122 valence electrons. The first kappa shape index (κ1) is 15.1. The predicted octanol–water partition coefficient (Wildman–Crippen LogP) is 4.13. The summed E-state index contributed by atoms with van der Waals surface area (Å²) in [6.07, 6.45) is 0. The number of para-hydroxylation sites is 1. The van der Waals surface area contributed by atoms with Crippen molar-refractivity contribution in [1.29, 1.82) is 0 Å². The molecule has 1 heterocycles. The molecule has 0 radical (unpaired) electrons. The number of anilines is 1. The summed E-state index contributed by atoms with van der Waals surface area (Å²) in [6, 6.07) is 28.3. The number of hydrazone groups is 2. The lowest BCUT2D eigenvalue weighted by Gasteiger charge is -2.27. The van der Waals surface area contributed by atoms with Crippen LogP contribution >= 0.6 is 0 Å². The maximum Gasteiger partial charge on any atom is 0.181 e. The van der Waals surface area contributed by atoms with Gasteiger partial charge in [-0.25, -0.2) is 5.01 Å². The van der Waals surface area contributed by atoms with Crippen molar-refractivity contribution in [3.05, 3.63) is 102 Å². The molecule has 4 heteroatoms. The molecule has 3 aromatic rings. The van der Waals surface area contributed by atoms with Crippen LogP contribution in [0.3, 0.4) is 0 Å². The van der Waals surface area contributed by atoms with Gasteiger partial charge in [-0.1, -0.05) is 78.9 Å². The fourth-order valence-electron chi connectivity index (χ4n) is 2.78. The van der Waals surface area contributed by atoms with Crippen molar-refractivity contribution >= 4 is 17.4 Å². The molecule has 0 aromatic heterocycles. The van der Waals surface area contributed by atoms with E-state index in [2.05, 4.69) is 29.6 Å². The van der Waals surface area contributed by atoms with Crippen LogP contribution < -0.4 is 10.4 Å². The second kappa shape index (κ2) is 6.61. The minimum atomic E-state index is 0.725. The number of hydrogen-bond acceptors (Lipinski definition) is 4. The monoisotopic (exact) mass is 326 g/mol. The van der Waals surface area contributed by atoms with E-state index >= 15 is 0 Å². The molecule has 4 nitrogen and oxygen atoms in total. The fourth-order valence-corrected chi connectivity index (χ4v) is 2.78. The van der Waals surface area contributed by atoms with Crippen molar-refractivity contribution < 1.29 is 0 Å². The summed E-state index contributed by atoms with van der Waals surface area (Å²) in [7, 11) is 0. The third kappa shape index (κ3) is 3.02. The van der Waals surface area contributed by atoms with Crippen LogP contribution in [-0.2, 0) is 0 Å². The Balaban J connectivity index is 1.82. The van der Waals surface area contributed by atoms with Gasteiger partial charge in [0, 0.05) is 11.1 Å². The Bertz CT molecular complexity index is 930. The Morgan fingerprint density at radius 3 is 2.00 bits per heavy atom. The number of nitrogens with zero attached hydrogens (tertiary/aromatic N) is 3. The van der Waals surface area contributed by atoms with Crippen molar-refractivity contribution in [1.82, 2.24) is 5.43 Å². The molecular weight excluding hydrogens is 308 g/mol. The summed E-state index contributed by atoms with van der Waals surface area (Å²) in [6.45, 7) is 2.08. The van der Waals surface area contributed by atoms with Gasteiger partial charge >= 0.3 is 0 Å². The molecule has 1 aliphatic heterocycles. The Morgan fingerprint density at radius 2 is 1.32 bits per heavy atom. The number of aryl methyl sites for hydroxylation is 1. The maximum atomic E-state index is 4.85. The zero-order valence-electron chi connectivity index (χ0n) is 13.9. The van der Waals surface area contributed by atoms with Crippen LogP contribution in [0.5, 0.6) is 0 Å². The van der Waals surface area contributed by atoms with E-state index < -0.39 is 0 Å². The Morgan fingerprint density at radius 1 is 0.720 bits per heavy atom. The number of nitrogens with one attached hydrogen (secondary N) is 1. The predicted molar refractivity (Wildman–Crippen MR) is 103 cm³/mol. The first-order valence-electron chi connectivity index (χ1n) is 8.22. The summed E-state index contributed by atoms with van der Waals surface area (Å²) < 4.78 is 0. The van der Waals surface area contributed by atoms with Crippen molar-refractivity contribution in [2.45, 2.75) is 6.92 Å². The van der Waals surface area contributed by atoms with Gasteiger partial charge in [0.2, 0.25) is 0 Å². The zero-order chi connectivity index (χ0) is 17.1. The van der Waals surface area contributed by atoms with Gasteiger partial charge in [-0.2, -0.15) is 5.10 Å². The molecule has 4 rings (SSSR count). The number of rotatable bonds is 3. The summed E-state index contributed by atoms with van der Waals surface area (Å²) >= 11 is 0. The highest BCUT2D eigenvalue weighted by molar-refractivity contribution is 6.14. The number of benzene rings is 3. The molecule has 0 saturated carbocycles. The second-order valence-electron chi connectivity index (χ2n) is 5.83. The Labute approximate surface area is 147 Å². The molecule has 0 aliphatic carbocycles. The fraction of sp³-hybridized carbons (Fsp3) is 0.0476. The normalized spacial score (nSPS) is 13.7. The molecule has 0 amide bonds. The highest BCUT2D eigenvalue weighted by atomic mass is 15.6. The van der Waals surface area contributed by atoms with E-state index in [9.17, 15) is 0 Å². The number of amidine groups is 2. The molecule has 0 fully saturated rings. The van der Waals surface area contributed by atoms with Crippen molar-refractivity contribution in [3.8, 4) is 0 Å². The van der Waals surface area contributed by atoms with Crippen LogP contribution in [-0.4, -0.2) is 11.7 Å². The third-order valence-corrected chi connectivity index (χ3v) is 4.09. The van der Waals surface area contributed by atoms with E-state index in [1.807, 2.05) is 77.8 Å². The van der Waals surface area contributed by atoms with Gasteiger partial charge in [-0.15, -0.1) is 5.10 Å². The minimum Gasteiger partial charge on any atom is -0.257 e. The van der Waals surface area contributed by atoms with E-state index in [4.69, 9.17) is 5.10 Å². The standard InChI is InChI=1S/C21H18N4/c1-16-10-8-9-15-19(16)25-21(18-13-6-3-7-14-18)23-22-20(24-25)17-11-4-2-5-12-17/h2-15H,1H3,(H,22,24). The van der Waals surface area contributed by atoms with Crippen LogP contribution in [0.2, 0.25) is 0 Å². The molecule has 3 aromatic carbocycles. The van der Waals surface area contributed by atoms with Crippen LogP contribution in [0.1, 0.15) is 16.7 Å². The van der Waals surface area contributed by atoms with Gasteiger partial charge < -0.3 is 0 Å². The van der Waals surface area contributed by atoms with E-state index in [0.29, 0.717) is 0 Å². The van der Waals surface area contributed by atoms with Crippen LogP contribution in [0, 0.1) is 6.92 Å². The lowest BCUT2D eigenvalue weighted by molar-refractivity contribution is 0.929. The molecule has 1 N–H and O–H groups in total. The first-order chi connectivity index (χ1) is 12.3. The topological polar surface area (TPSA) is 40.0 Å². The summed E-state index contributed by atoms with van der Waals surface area (Å²) in [5, 5.41) is 11.4.